The molecule has 1 aromatic rings. The molecule has 0 bridgehead atoms. The first-order chi connectivity index (χ1) is 9.33. The molecule has 0 radical (unpaired) electrons. The number of nitrogens with zero attached hydrogens (tertiary/aromatic N) is 1. The number of thioether (sulfide) groups is 1. The van der Waals surface area contributed by atoms with E-state index < -0.39 is 0 Å². The Bertz CT molecular complexity index is 370. The molecule has 1 N–H and O–H groups in total. The van der Waals surface area contributed by atoms with Crippen molar-refractivity contribution in [1.82, 2.24) is 10.3 Å². The first-order valence-electron chi connectivity index (χ1n) is 7.62. The Morgan fingerprint density at radius 2 is 2.11 bits per heavy atom. The summed E-state index contributed by atoms with van der Waals surface area (Å²) in [7, 11) is 0. The number of hydrogen-bond donors (Lipinski definition) is 1. The Hall–Kier alpha value is -0.0600. The van der Waals surface area contributed by atoms with Crippen molar-refractivity contribution in [2.75, 3.05) is 5.75 Å². The highest BCUT2D eigenvalue weighted by Crippen LogP contribution is 2.25. The fourth-order valence-corrected chi connectivity index (χ4v) is 4.42. The standard InChI is InChI=1S/C15H26N2S2/c1-3-7-13-14(10-16-12-8-5-6-9-12)19-15(17-13)11-18-4-2/h12,16H,3-11H2,1-2H3. The smallest absolute Gasteiger partial charge is 0.103 e. The second-order valence-electron chi connectivity index (χ2n) is 5.23. The second-order valence-corrected chi connectivity index (χ2v) is 7.67. The molecule has 1 aliphatic rings. The van der Waals surface area contributed by atoms with Gasteiger partial charge < -0.3 is 5.32 Å². The lowest BCUT2D eigenvalue weighted by molar-refractivity contribution is 0.525. The van der Waals surface area contributed by atoms with Crippen LogP contribution in [0.1, 0.15) is 61.5 Å². The summed E-state index contributed by atoms with van der Waals surface area (Å²) < 4.78 is 0. The van der Waals surface area contributed by atoms with Gasteiger partial charge in [0.05, 0.1) is 5.69 Å². The maximum Gasteiger partial charge on any atom is 0.103 e. The van der Waals surface area contributed by atoms with E-state index in [9.17, 15) is 0 Å². The van der Waals surface area contributed by atoms with Crippen molar-refractivity contribution in [2.24, 2.45) is 0 Å². The van der Waals surface area contributed by atoms with Gasteiger partial charge in [-0.3, -0.25) is 0 Å². The van der Waals surface area contributed by atoms with E-state index in [1.807, 2.05) is 23.1 Å². The summed E-state index contributed by atoms with van der Waals surface area (Å²) in [5.41, 5.74) is 1.35. The summed E-state index contributed by atoms with van der Waals surface area (Å²) >= 11 is 3.90. The molecular weight excluding hydrogens is 272 g/mol. The molecule has 1 fully saturated rings. The van der Waals surface area contributed by atoms with Crippen molar-refractivity contribution in [3.63, 3.8) is 0 Å². The molecule has 0 saturated heterocycles. The van der Waals surface area contributed by atoms with Crippen LogP contribution in [0.25, 0.3) is 0 Å². The molecule has 4 heteroatoms. The van der Waals surface area contributed by atoms with E-state index in [1.165, 1.54) is 53.4 Å². The van der Waals surface area contributed by atoms with Gasteiger partial charge in [0.1, 0.15) is 5.01 Å². The van der Waals surface area contributed by atoms with Crippen LogP contribution in [0.4, 0.5) is 0 Å². The van der Waals surface area contributed by atoms with Gasteiger partial charge in [0, 0.05) is 23.2 Å². The Labute approximate surface area is 125 Å². The van der Waals surface area contributed by atoms with Gasteiger partial charge in [0.15, 0.2) is 0 Å². The summed E-state index contributed by atoms with van der Waals surface area (Å²) in [6, 6.07) is 0.755. The number of rotatable bonds is 8. The fourth-order valence-electron chi connectivity index (χ4n) is 2.63. The molecule has 0 aromatic carbocycles. The number of hydrogen-bond acceptors (Lipinski definition) is 4. The Balaban J connectivity index is 1.93. The lowest BCUT2D eigenvalue weighted by Gasteiger charge is -2.11. The van der Waals surface area contributed by atoms with Crippen LogP contribution < -0.4 is 5.32 Å². The molecular formula is C15H26N2S2. The van der Waals surface area contributed by atoms with Crippen LogP contribution in [0.3, 0.4) is 0 Å². The van der Waals surface area contributed by atoms with E-state index in [0.717, 1.165) is 24.8 Å². The molecule has 0 aliphatic heterocycles. The van der Waals surface area contributed by atoms with Gasteiger partial charge in [-0.15, -0.1) is 11.3 Å². The zero-order valence-corrected chi connectivity index (χ0v) is 13.8. The molecule has 0 atom stereocenters. The molecule has 1 saturated carbocycles. The lowest BCUT2D eigenvalue weighted by Crippen LogP contribution is -2.25. The maximum atomic E-state index is 4.84. The van der Waals surface area contributed by atoms with Crippen molar-refractivity contribution in [1.29, 1.82) is 0 Å². The first-order valence-corrected chi connectivity index (χ1v) is 9.59. The summed E-state index contributed by atoms with van der Waals surface area (Å²) in [5.74, 6) is 2.26. The van der Waals surface area contributed by atoms with Crippen LogP contribution in [0.15, 0.2) is 0 Å². The zero-order chi connectivity index (χ0) is 13.5. The first kappa shape index (κ1) is 15.3. The van der Waals surface area contributed by atoms with E-state index >= 15 is 0 Å². The van der Waals surface area contributed by atoms with Gasteiger partial charge >= 0.3 is 0 Å². The zero-order valence-electron chi connectivity index (χ0n) is 12.2. The predicted molar refractivity (Wildman–Crippen MR) is 87.0 cm³/mol. The molecule has 108 valence electrons. The van der Waals surface area contributed by atoms with Gasteiger partial charge in [0.2, 0.25) is 0 Å². The highest BCUT2D eigenvalue weighted by atomic mass is 32.2. The van der Waals surface area contributed by atoms with Gasteiger partial charge in [0.25, 0.3) is 0 Å². The van der Waals surface area contributed by atoms with Crippen LogP contribution in [-0.4, -0.2) is 16.8 Å². The maximum absolute atomic E-state index is 4.84. The summed E-state index contributed by atoms with van der Waals surface area (Å²) in [4.78, 5) is 6.33. The lowest BCUT2D eigenvalue weighted by atomic mass is 10.2. The molecule has 0 spiro atoms. The van der Waals surface area contributed by atoms with Crippen LogP contribution in [-0.2, 0) is 18.7 Å². The van der Waals surface area contributed by atoms with Crippen molar-refractivity contribution < 1.29 is 0 Å². The molecule has 1 aromatic heterocycles. The molecule has 0 amide bonds. The summed E-state index contributed by atoms with van der Waals surface area (Å²) in [6.45, 7) is 5.50. The monoisotopic (exact) mass is 298 g/mol. The van der Waals surface area contributed by atoms with E-state index in [1.54, 1.807) is 0 Å². The Morgan fingerprint density at radius 1 is 1.32 bits per heavy atom. The number of thiazole rings is 1. The van der Waals surface area contributed by atoms with Crippen molar-refractivity contribution >= 4 is 23.1 Å². The predicted octanol–water partition coefficient (Wildman–Crippen LogP) is 4.38. The normalized spacial score (nSPS) is 16.3. The minimum atomic E-state index is 0.755. The van der Waals surface area contributed by atoms with Gasteiger partial charge in [-0.1, -0.05) is 33.1 Å². The number of aromatic nitrogens is 1. The van der Waals surface area contributed by atoms with Crippen LogP contribution in [0, 0.1) is 0 Å². The molecule has 1 heterocycles. The topological polar surface area (TPSA) is 24.9 Å². The van der Waals surface area contributed by atoms with E-state index in [4.69, 9.17) is 4.98 Å². The van der Waals surface area contributed by atoms with Crippen molar-refractivity contribution in [3.8, 4) is 0 Å². The third-order valence-corrected chi connectivity index (χ3v) is 5.81. The van der Waals surface area contributed by atoms with Crippen LogP contribution in [0.2, 0.25) is 0 Å². The quantitative estimate of drug-likeness (QED) is 0.771. The Kier molecular flexibility index (Phi) is 6.68. The molecule has 2 rings (SSSR count). The largest absolute Gasteiger partial charge is 0.309 e. The minimum absolute atomic E-state index is 0.755. The average molecular weight is 299 g/mol. The van der Waals surface area contributed by atoms with Gasteiger partial charge in [-0.05, 0) is 25.0 Å². The SMILES string of the molecule is CCCc1nc(CSCC)sc1CNC1CCCC1. The highest BCUT2D eigenvalue weighted by Gasteiger charge is 2.16. The second kappa shape index (κ2) is 8.28. The van der Waals surface area contributed by atoms with Crippen LogP contribution in [0.5, 0.6) is 0 Å². The third kappa shape index (κ3) is 4.76. The van der Waals surface area contributed by atoms with Gasteiger partial charge in [-0.25, -0.2) is 4.98 Å². The van der Waals surface area contributed by atoms with Crippen LogP contribution >= 0.6 is 23.1 Å². The van der Waals surface area contributed by atoms with E-state index in [0.29, 0.717) is 0 Å². The van der Waals surface area contributed by atoms with E-state index in [-0.39, 0.29) is 0 Å². The summed E-state index contributed by atoms with van der Waals surface area (Å²) in [5, 5.41) is 5.05. The highest BCUT2D eigenvalue weighted by molar-refractivity contribution is 7.98. The minimum Gasteiger partial charge on any atom is -0.309 e. The van der Waals surface area contributed by atoms with Crippen molar-refractivity contribution in [2.45, 2.75) is 70.7 Å². The molecule has 19 heavy (non-hydrogen) atoms. The van der Waals surface area contributed by atoms with Gasteiger partial charge in [-0.2, -0.15) is 11.8 Å². The molecule has 1 aliphatic carbocycles. The average Bonchev–Trinajstić information content (AvgIpc) is 3.04. The fraction of sp³-hybridized carbons (Fsp3) is 0.800. The molecule has 0 unspecified atom stereocenters. The third-order valence-electron chi connectivity index (χ3n) is 3.65. The Morgan fingerprint density at radius 3 is 2.79 bits per heavy atom. The van der Waals surface area contributed by atoms with Crippen molar-refractivity contribution in [3.05, 3.63) is 15.6 Å². The number of nitrogens with one attached hydrogen (secondary N) is 1. The number of aryl methyl sites for hydroxylation is 1. The van der Waals surface area contributed by atoms with E-state index in [2.05, 4.69) is 19.2 Å². The molecule has 2 nitrogen and oxygen atoms in total. The summed E-state index contributed by atoms with van der Waals surface area (Å²) in [6.07, 6.45) is 7.86.